The van der Waals surface area contributed by atoms with Crippen molar-refractivity contribution in [3.8, 4) is 0 Å². The highest BCUT2D eigenvalue weighted by molar-refractivity contribution is 7.80. The van der Waals surface area contributed by atoms with Crippen LogP contribution in [-0.4, -0.2) is 95.4 Å². The van der Waals surface area contributed by atoms with Gasteiger partial charge in [-0.25, -0.2) is 4.18 Å². The van der Waals surface area contributed by atoms with E-state index < -0.39 is 59.9 Å². The van der Waals surface area contributed by atoms with Gasteiger partial charge < -0.3 is 35.2 Å². The maximum Gasteiger partial charge on any atom is 0.397 e. The lowest BCUT2D eigenvalue weighted by Gasteiger charge is -2.41. The Kier molecular flexibility index (Phi) is 34.5. The fourth-order valence-corrected chi connectivity index (χ4v) is 8.14. The van der Waals surface area contributed by atoms with E-state index in [4.69, 9.17) is 9.47 Å². The molecule has 0 radical (unpaired) electrons. The van der Waals surface area contributed by atoms with E-state index in [1.54, 1.807) is 0 Å². The van der Waals surface area contributed by atoms with E-state index in [-0.39, 0.29) is 18.9 Å². The molecule has 344 valence electrons. The molecule has 0 aromatic heterocycles. The number of unbranched alkanes of at least 4 members (excludes halogenated alkanes) is 26. The van der Waals surface area contributed by atoms with Crippen LogP contribution in [0, 0.1) is 0 Å². The van der Waals surface area contributed by atoms with Crippen molar-refractivity contribution in [1.82, 2.24) is 5.32 Å². The number of aliphatic hydroxyl groups is 4. The zero-order chi connectivity index (χ0) is 42.7. The molecule has 0 aromatic carbocycles. The lowest BCUT2D eigenvalue weighted by atomic mass is 9.99. The third-order valence-corrected chi connectivity index (χ3v) is 11.8. The van der Waals surface area contributed by atoms with Crippen LogP contribution in [0.25, 0.3) is 0 Å². The number of nitrogens with one attached hydrogen (secondary N) is 1. The maximum atomic E-state index is 13.0. The van der Waals surface area contributed by atoms with E-state index in [0.717, 1.165) is 51.4 Å². The van der Waals surface area contributed by atoms with Crippen molar-refractivity contribution in [3.63, 3.8) is 0 Å². The molecule has 1 aliphatic rings. The predicted octanol–water partition coefficient (Wildman–Crippen LogP) is 9.16. The second kappa shape index (κ2) is 36.5. The first-order chi connectivity index (χ1) is 28.0. The van der Waals surface area contributed by atoms with Crippen LogP contribution in [0.2, 0.25) is 0 Å². The number of amides is 1. The number of hydrogen-bond acceptors (Lipinski definition) is 10. The highest BCUT2D eigenvalue weighted by Gasteiger charge is 2.48. The van der Waals surface area contributed by atoms with Crippen LogP contribution in [0.15, 0.2) is 12.2 Å². The zero-order valence-corrected chi connectivity index (χ0v) is 37.4. The monoisotopic (exact) mass is 850 g/mol. The molecule has 7 atom stereocenters. The summed E-state index contributed by atoms with van der Waals surface area (Å²) in [6.07, 6.45) is 30.7. The van der Waals surface area contributed by atoms with Crippen molar-refractivity contribution >= 4 is 16.3 Å². The van der Waals surface area contributed by atoms with Crippen LogP contribution < -0.4 is 5.32 Å². The van der Waals surface area contributed by atoms with E-state index in [0.29, 0.717) is 12.8 Å². The number of ether oxygens (including phenoxy) is 2. The summed E-state index contributed by atoms with van der Waals surface area (Å²) in [6.45, 7) is 3.43. The second-order valence-electron chi connectivity index (χ2n) is 16.7. The molecule has 1 fully saturated rings. The summed E-state index contributed by atoms with van der Waals surface area (Å²) in [6, 6.07) is -0.856. The van der Waals surface area contributed by atoms with E-state index in [9.17, 15) is 38.2 Å². The molecule has 7 unspecified atom stereocenters. The molecule has 0 saturated carbocycles. The Morgan fingerprint density at radius 1 is 0.672 bits per heavy atom. The molecular weight excluding hydrogens is 763 g/mol. The molecule has 1 amide bonds. The lowest BCUT2D eigenvalue weighted by molar-refractivity contribution is -0.298. The number of allylic oxidation sites excluding steroid dienone is 2. The van der Waals surface area contributed by atoms with Gasteiger partial charge in [-0.2, -0.15) is 8.42 Å². The standard InChI is InChI=1S/C45H87NO11S/c1-3-5-7-9-11-13-15-16-17-18-19-20-21-22-23-25-27-29-31-33-35-41(49)46-38(39(48)34-32-30-28-26-24-14-12-10-8-6-4-2)37-55-45-43(51)44(57-58(52,53)54)42(50)40(36-47)56-45/h19-20,38-40,42-45,47-48,50-51H,3-18,21-37H2,1-2H3,(H,46,49)(H,52,53,54)/b20-19-. The molecule has 13 heteroatoms. The number of hydrogen-bond donors (Lipinski definition) is 6. The molecule has 1 aliphatic heterocycles. The molecule has 1 saturated heterocycles. The largest absolute Gasteiger partial charge is 0.397 e. The van der Waals surface area contributed by atoms with Gasteiger partial charge in [0.15, 0.2) is 6.29 Å². The van der Waals surface area contributed by atoms with Crippen molar-refractivity contribution in [2.75, 3.05) is 13.2 Å². The number of aliphatic hydroxyl groups excluding tert-OH is 4. The molecule has 0 bridgehead atoms. The van der Waals surface area contributed by atoms with Gasteiger partial charge in [0, 0.05) is 6.42 Å². The first-order valence-electron chi connectivity index (χ1n) is 23.6. The van der Waals surface area contributed by atoms with Crippen LogP contribution in [0.1, 0.15) is 213 Å². The van der Waals surface area contributed by atoms with Gasteiger partial charge in [0.1, 0.15) is 24.4 Å². The van der Waals surface area contributed by atoms with Gasteiger partial charge in [0.05, 0.1) is 25.4 Å². The first-order valence-corrected chi connectivity index (χ1v) is 24.9. The number of rotatable bonds is 40. The summed E-state index contributed by atoms with van der Waals surface area (Å²) in [4.78, 5) is 13.0. The summed E-state index contributed by atoms with van der Waals surface area (Å²) in [5.74, 6) is -0.234. The SMILES string of the molecule is CCCCCCCCCCC/C=C\CCCCCCCCCC(=O)NC(COC1OC(CO)C(O)C(OS(=O)(=O)O)C1O)C(O)CCCCCCCCCCCCC. The fraction of sp³-hybridized carbons (Fsp3) is 0.933. The van der Waals surface area contributed by atoms with Crippen molar-refractivity contribution in [2.45, 2.75) is 256 Å². The molecule has 12 nitrogen and oxygen atoms in total. The van der Waals surface area contributed by atoms with Gasteiger partial charge in [0.2, 0.25) is 5.91 Å². The highest BCUT2D eigenvalue weighted by atomic mass is 32.3. The van der Waals surface area contributed by atoms with Crippen molar-refractivity contribution in [2.24, 2.45) is 0 Å². The number of carbonyl (C=O) groups is 1. The maximum absolute atomic E-state index is 13.0. The first kappa shape index (κ1) is 54.9. The predicted molar refractivity (Wildman–Crippen MR) is 232 cm³/mol. The molecule has 0 aliphatic carbocycles. The van der Waals surface area contributed by atoms with Crippen molar-refractivity contribution in [1.29, 1.82) is 0 Å². The van der Waals surface area contributed by atoms with Crippen molar-refractivity contribution < 1.29 is 51.8 Å². The molecule has 0 spiro atoms. The minimum Gasteiger partial charge on any atom is -0.394 e. The Morgan fingerprint density at radius 3 is 1.55 bits per heavy atom. The van der Waals surface area contributed by atoms with Crippen LogP contribution in [-0.2, 0) is 28.9 Å². The molecule has 6 N–H and O–H groups in total. The van der Waals surface area contributed by atoms with Gasteiger partial charge >= 0.3 is 10.4 Å². The normalized spacial score (nSPS) is 21.1. The van der Waals surface area contributed by atoms with Gasteiger partial charge in [-0.15, -0.1) is 0 Å². The van der Waals surface area contributed by atoms with Gasteiger partial charge in [-0.05, 0) is 38.5 Å². The summed E-state index contributed by atoms with van der Waals surface area (Å²) in [5, 5.41) is 44.8. The Balaban J connectivity index is 2.44. The zero-order valence-electron chi connectivity index (χ0n) is 36.6. The molecular formula is C45H87NO11S. The van der Waals surface area contributed by atoms with Gasteiger partial charge in [0.25, 0.3) is 0 Å². The van der Waals surface area contributed by atoms with E-state index in [2.05, 4.69) is 35.5 Å². The Morgan fingerprint density at radius 2 is 1.10 bits per heavy atom. The third kappa shape index (κ3) is 29.2. The average Bonchev–Trinajstić information content (AvgIpc) is 3.19. The third-order valence-electron chi connectivity index (χ3n) is 11.3. The average molecular weight is 850 g/mol. The molecule has 58 heavy (non-hydrogen) atoms. The number of carbonyl (C=O) groups excluding carboxylic acids is 1. The Labute approximate surface area is 353 Å². The van der Waals surface area contributed by atoms with E-state index >= 15 is 0 Å². The van der Waals surface area contributed by atoms with Crippen LogP contribution in [0.3, 0.4) is 0 Å². The minimum atomic E-state index is -5.07. The highest BCUT2D eigenvalue weighted by Crippen LogP contribution is 2.26. The summed E-state index contributed by atoms with van der Waals surface area (Å²) >= 11 is 0. The fourth-order valence-electron chi connectivity index (χ4n) is 7.63. The van der Waals surface area contributed by atoms with Crippen LogP contribution >= 0.6 is 0 Å². The smallest absolute Gasteiger partial charge is 0.394 e. The van der Waals surface area contributed by atoms with E-state index in [1.165, 1.54) is 128 Å². The molecule has 1 heterocycles. The Hall–Kier alpha value is -1.16. The Bertz CT molecular complexity index is 1090. The van der Waals surface area contributed by atoms with Crippen LogP contribution in [0.4, 0.5) is 0 Å². The van der Waals surface area contributed by atoms with Gasteiger partial charge in [-0.1, -0.05) is 180 Å². The quantitative estimate of drug-likeness (QED) is 0.0196. The van der Waals surface area contributed by atoms with Crippen molar-refractivity contribution in [3.05, 3.63) is 12.2 Å². The lowest BCUT2D eigenvalue weighted by Crippen LogP contribution is -2.61. The topological polar surface area (TPSA) is 192 Å². The van der Waals surface area contributed by atoms with Crippen LogP contribution in [0.5, 0.6) is 0 Å². The summed E-state index contributed by atoms with van der Waals surface area (Å²) < 4.78 is 47.6. The molecule has 0 aromatic rings. The molecule has 1 rings (SSSR count). The van der Waals surface area contributed by atoms with E-state index in [1.807, 2.05) is 0 Å². The van der Waals surface area contributed by atoms with Gasteiger partial charge in [-0.3, -0.25) is 9.35 Å². The summed E-state index contributed by atoms with van der Waals surface area (Å²) in [5.41, 5.74) is 0. The summed E-state index contributed by atoms with van der Waals surface area (Å²) in [7, 11) is -5.07. The minimum absolute atomic E-state index is 0.234. The second-order valence-corrected chi connectivity index (χ2v) is 17.7.